The first-order valence-electron chi connectivity index (χ1n) is 8.25. The van der Waals surface area contributed by atoms with Gasteiger partial charge >= 0.3 is 12.1 Å². The van der Waals surface area contributed by atoms with E-state index >= 15 is 0 Å². The summed E-state index contributed by atoms with van der Waals surface area (Å²) >= 11 is 0. The van der Waals surface area contributed by atoms with E-state index in [1.54, 1.807) is 4.90 Å². The molecule has 22 heavy (non-hydrogen) atoms. The zero-order valence-corrected chi connectivity index (χ0v) is 14.9. The molecule has 0 aromatic carbocycles. The Kier molecular flexibility index (Phi) is 6.27. The van der Waals surface area contributed by atoms with Gasteiger partial charge in [-0.2, -0.15) is 0 Å². The lowest BCUT2D eigenvalue weighted by molar-refractivity contribution is -0.149. The minimum Gasteiger partial charge on any atom is -0.467 e. The van der Waals surface area contributed by atoms with Crippen LogP contribution in [0.2, 0.25) is 0 Å². The Morgan fingerprint density at radius 2 is 1.91 bits per heavy atom. The minimum atomic E-state index is -0.586. The molecule has 0 radical (unpaired) electrons. The Balaban J connectivity index is 3.19. The standard InChI is InChI=1S/C17H31NO4/c1-7-11-17(5)12-9-8-10-13(14(19)21-6)18(17)15(20)22-16(2,3)4/h13H,7-12H2,1-6H3/t13-,17?/m1/s1. The summed E-state index contributed by atoms with van der Waals surface area (Å²) in [4.78, 5) is 26.7. The first kappa shape index (κ1) is 18.8. The van der Waals surface area contributed by atoms with Crippen LogP contribution in [-0.2, 0) is 14.3 Å². The molecule has 0 spiro atoms. The number of hydrogen-bond donors (Lipinski definition) is 0. The van der Waals surface area contributed by atoms with Crippen LogP contribution >= 0.6 is 0 Å². The Hall–Kier alpha value is -1.26. The molecule has 1 heterocycles. The van der Waals surface area contributed by atoms with Crippen molar-refractivity contribution in [3.05, 3.63) is 0 Å². The first-order chi connectivity index (χ1) is 10.1. The molecule has 1 saturated heterocycles. The SMILES string of the molecule is CCCC1(C)CCCC[C@H](C(=O)OC)N1C(=O)OC(C)(C)C. The van der Waals surface area contributed by atoms with Gasteiger partial charge in [0, 0.05) is 5.54 Å². The summed E-state index contributed by atoms with van der Waals surface area (Å²) in [6.07, 6.45) is 4.81. The van der Waals surface area contributed by atoms with Gasteiger partial charge in [0.25, 0.3) is 0 Å². The van der Waals surface area contributed by atoms with Crippen LogP contribution in [0.5, 0.6) is 0 Å². The van der Waals surface area contributed by atoms with Crippen molar-refractivity contribution < 1.29 is 19.1 Å². The number of carbonyl (C=O) groups is 2. The van der Waals surface area contributed by atoms with E-state index in [0.29, 0.717) is 6.42 Å². The normalized spacial score (nSPS) is 26.3. The van der Waals surface area contributed by atoms with Crippen molar-refractivity contribution in [2.45, 2.75) is 90.3 Å². The van der Waals surface area contributed by atoms with E-state index in [9.17, 15) is 9.59 Å². The molecule has 2 atom stereocenters. The summed E-state index contributed by atoms with van der Waals surface area (Å²) in [5.41, 5.74) is -0.955. The Labute approximate surface area is 134 Å². The highest BCUT2D eigenvalue weighted by Gasteiger charge is 2.45. The fraction of sp³-hybridized carbons (Fsp3) is 0.882. The second-order valence-electron chi connectivity index (χ2n) is 7.38. The Morgan fingerprint density at radius 3 is 2.41 bits per heavy atom. The quantitative estimate of drug-likeness (QED) is 0.742. The topological polar surface area (TPSA) is 55.8 Å². The molecule has 1 unspecified atom stereocenters. The maximum absolute atomic E-state index is 12.8. The van der Waals surface area contributed by atoms with Crippen LogP contribution in [0.25, 0.3) is 0 Å². The lowest BCUT2D eigenvalue weighted by atomic mass is 9.89. The van der Waals surface area contributed by atoms with Gasteiger partial charge in [0.05, 0.1) is 7.11 Å². The van der Waals surface area contributed by atoms with Gasteiger partial charge in [-0.3, -0.25) is 4.90 Å². The maximum atomic E-state index is 12.8. The van der Waals surface area contributed by atoms with Gasteiger partial charge in [-0.15, -0.1) is 0 Å². The second-order valence-corrected chi connectivity index (χ2v) is 7.38. The zero-order valence-electron chi connectivity index (χ0n) is 14.9. The highest BCUT2D eigenvalue weighted by atomic mass is 16.6. The molecule has 128 valence electrons. The molecular formula is C17H31NO4. The molecule has 0 aromatic rings. The van der Waals surface area contributed by atoms with E-state index in [-0.39, 0.29) is 11.5 Å². The number of nitrogens with zero attached hydrogens (tertiary/aromatic N) is 1. The number of hydrogen-bond acceptors (Lipinski definition) is 4. The lowest BCUT2D eigenvalue weighted by Gasteiger charge is -2.43. The maximum Gasteiger partial charge on any atom is 0.411 e. The third kappa shape index (κ3) is 4.62. The molecule has 1 fully saturated rings. The highest BCUT2D eigenvalue weighted by molar-refractivity contribution is 5.82. The van der Waals surface area contributed by atoms with Gasteiger partial charge in [0.2, 0.25) is 0 Å². The van der Waals surface area contributed by atoms with E-state index in [4.69, 9.17) is 9.47 Å². The van der Waals surface area contributed by atoms with Crippen LogP contribution in [-0.4, -0.2) is 41.3 Å². The number of rotatable bonds is 3. The number of carbonyl (C=O) groups excluding carboxylic acids is 2. The van der Waals surface area contributed by atoms with Crippen LogP contribution < -0.4 is 0 Å². The monoisotopic (exact) mass is 313 g/mol. The molecule has 5 heteroatoms. The summed E-state index contributed by atoms with van der Waals surface area (Å²) in [6.45, 7) is 9.67. The van der Waals surface area contributed by atoms with Crippen molar-refractivity contribution in [2.24, 2.45) is 0 Å². The summed E-state index contributed by atoms with van der Waals surface area (Å²) in [6, 6.07) is -0.557. The lowest BCUT2D eigenvalue weighted by Crippen LogP contribution is -2.57. The van der Waals surface area contributed by atoms with E-state index in [2.05, 4.69) is 13.8 Å². The first-order valence-corrected chi connectivity index (χ1v) is 8.25. The smallest absolute Gasteiger partial charge is 0.411 e. The molecule has 0 aromatic heterocycles. The molecule has 0 bridgehead atoms. The Bertz CT molecular complexity index is 402. The van der Waals surface area contributed by atoms with Gasteiger partial charge in [-0.1, -0.05) is 26.2 Å². The number of amides is 1. The second kappa shape index (κ2) is 7.34. The van der Waals surface area contributed by atoms with Crippen LogP contribution in [0.3, 0.4) is 0 Å². The molecular weight excluding hydrogens is 282 g/mol. The average molecular weight is 313 g/mol. The third-order valence-electron chi connectivity index (χ3n) is 4.19. The molecule has 0 saturated carbocycles. The van der Waals surface area contributed by atoms with E-state index in [1.807, 2.05) is 20.8 Å². The van der Waals surface area contributed by atoms with Crippen molar-refractivity contribution in [1.29, 1.82) is 0 Å². The number of likely N-dealkylation sites (tertiary alicyclic amines) is 1. The molecule has 0 aliphatic carbocycles. The summed E-state index contributed by atoms with van der Waals surface area (Å²) in [5.74, 6) is -0.352. The van der Waals surface area contributed by atoms with Gasteiger partial charge in [0.15, 0.2) is 0 Å². The van der Waals surface area contributed by atoms with Gasteiger partial charge in [0.1, 0.15) is 11.6 Å². The minimum absolute atomic E-state index is 0.352. The summed E-state index contributed by atoms with van der Waals surface area (Å²) in [7, 11) is 1.37. The van der Waals surface area contributed by atoms with Crippen molar-refractivity contribution in [2.75, 3.05) is 7.11 Å². The van der Waals surface area contributed by atoms with E-state index in [0.717, 1.165) is 32.1 Å². The van der Waals surface area contributed by atoms with E-state index < -0.39 is 17.7 Å². The fourth-order valence-corrected chi connectivity index (χ4v) is 3.27. The highest BCUT2D eigenvalue weighted by Crippen LogP contribution is 2.36. The van der Waals surface area contributed by atoms with Crippen molar-refractivity contribution in [1.82, 2.24) is 4.90 Å². The molecule has 1 aliphatic heterocycles. The molecule has 1 aliphatic rings. The number of methoxy groups -OCH3 is 1. The van der Waals surface area contributed by atoms with Gasteiger partial charge in [-0.05, 0) is 47.0 Å². The molecule has 0 N–H and O–H groups in total. The summed E-state index contributed by atoms with van der Waals surface area (Å²) in [5, 5.41) is 0. The number of ether oxygens (including phenoxy) is 2. The summed E-state index contributed by atoms with van der Waals surface area (Å²) < 4.78 is 10.5. The molecule has 5 nitrogen and oxygen atoms in total. The fourth-order valence-electron chi connectivity index (χ4n) is 3.27. The molecule has 1 amide bonds. The predicted octanol–water partition coefficient (Wildman–Crippen LogP) is 3.90. The van der Waals surface area contributed by atoms with Crippen molar-refractivity contribution in [3.8, 4) is 0 Å². The van der Waals surface area contributed by atoms with Crippen LogP contribution in [0, 0.1) is 0 Å². The largest absolute Gasteiger partial charge is 0.467 e. The third-order valence-corrected chi connectivity index (χ3v) is 4.19. The van der Waals surface area contributed by atoms with Crippen LogP contribution in [0.4, 0.5) is 4.79 Å². The van der Waals surface area contributed by atoms with E-state index in [1.165, 1.54) is 7.11 Å². The zero-order chi connectivity index (χ0) is 17.0. The predicted molar refractivity (Wildman–Crippen MR) is 85.7 cm³/mol. The van der Waals surface area contributed by atoms with Crippen LogP contribution in [0.1, 0.15) is 73.1 Å². The van der Waals surface area contributed by atoms with Crippen molar-refractivity contribution in [3.63, 3.8) is 0 Å². The molecule has 1 rings (SSSR count). The van der Waals surface area contributed by atoms with Crippen LogP contribution in [0.15, 0.2) is 0 Å². The van der Waals surface area contributed by atoms with Gasteiger partial charge in [-0.25, -0.2) is 9.59 Å². The van der Waals surface area contributed by atoms with Crippen molar-refractivity contribution >= 4 is 12.1 Å². The number of esters is 1. The Morgan fingerprint density at radius 1 is 1.27 bits per heavy atom. The van der Waals surface area contributed by atoms with Gasteiger partial charge < -0.3 is 9.47 Å². The average Bonchev–Trinajstić information content (AvgIpc) is 2.55.